The minimum absolute atomic E-state index is 0.00375. The first-order chi connectivity index (χ1) is 10.0. The Balaban J connectivity index is 2.33. The number of rotatable bonds is 5. The van der Waals surface area contributed by atoms with Crippen molar-refractivity contribution in [3.8, 4) is 5.75 Å². The maximum atomic E-state index is 11.8. The number of carbonyl (C=O) groups excluding carboxylic acids is 1. The zero-order valence-corrected chi connectivity index (χ0v) is 13.1. The molecular formula is C17H25NO3. The number of hydrogen-bond donors (Lipinski definition) is 1. The highest BCUT2D eigenvalue weighted by Crippen LogP contribution is 2.42. The van der Waals surface area contributed by atoms with Gasteiger partial charge in [-0.15, -0.1) is 0 Å². The number of hydrogen-bond acceptors (Lipinski definition) is 4. The van der Waals surface area contributed by atoms with E-state index in [0.717, 1.165) is 31.4 Å². The summed E-state index contributed by atoms with van der Waals surface area (Å²) in [5.41, 5.74) is 8.74. The number of nitrogens with two attached hydrogens (primary N) is 1. The van der Waals surface area contributed by atoms with Gasteiger partial charge in [0.05, 0.1) is 20.6 Å². The fraction of sp³-hybridized carbons (Fsp3) is 0.588. The second-order valence-electron chi connectivity index (χ2n) is 5.94. The fourth-order valence-electron chi connectivity index (χ4n) is 3.38. The first-order valence-corrected chi connectivity index (χ1v) is 7.53. The number of esters is 1. The third-order valence-corrected chi connectivity index (χ3v) is 4.80. The van der Waals surface area contributed by atoms with E-state index < -0.39 is 0 Å². The Morgan fingerprint density at radius 1 is 1.38 bits per heavy atom. The Bertz CT molecular complexity index is 515. The molecule has 1 aliphatic carbocycles. The molecule has 0 aromatic heterocycles. The third-order valence-electron chi connectivity index (χ3n) is 4.80. The summed E-state index contributed by atoms with van der Waals surface area (Å²) in [5, 5.41) is 0. The molecule has 116 valence electrons. The first-order valence-electron chi connectivity index (χ1n) is 7.53. The van der Waals surface area contributed by atoms with E-state index in [1.165, 1.54) is 18.2 Å². The van der Waals surface area contributed by atoms with Gasteiger partial charge in [0.25, 0.3) is 0 Å². The van der Waals surface area contributed by atoms with E-state index in [1.54, 1.807) is 7.11 Å². The number of methoxy groups -OCH3 is 2. The van der Waals surface area contributed by atoms with Crippen molar-refractivity contribution in [2.45, 2.75) is 45.1 Å². The van der Waals surface area contributed by atoms with Gasteiger partial charge >= 0.3 is 5.97 Å². The molecule has 0 aliphatic heterocycles. The standard InChI is InChI=1S/C17H25NO3/c1-4-15(18)17(11-16(19)21-3)8-7-12-5-6-14(20-2)9-13(12)10-17/h5-6,9,15H,4,7-8,10-11,18H2,1-3H3. The van der Waals surface area contributed by atoms with Crippen molar-refractivity contribution in [1.82, 2.24) is 0 Å². The summed E-state index contributed by atoms with van der Waals surface area (Å²) in [6.07, 6.45) is 3.93. The summed E-state index contributed by atoms with van der Waals surface area (Å²) in [6, 6.07) is 6.18. The van der Waals surface area contributed by atoms with Gasteiger partial charge in [0.1, 0.15) is 5.75 Å². The SMILES string of the molecule is CCC(N)C1(CC(=O)OC)CCc2ccc(OC)cc2C1. The number of ether oxygens (including phenoxy) is 2. The summed E-state index contributed by atoms with van der Waals surface area (Å²) in [6.45, 7) is 2.07. The lowest BCUT2D eigenvalue weighted by molar-refractivity contribution is -0.144. The molecule has 4 nitrogen and oxygen atoms in total. The van der Waals surface area contributed by atoms with Crippen LogP contribution in [-0.4, -0.2) is 26.2 Å². The van der Waals surface area contributed by atoms with E-state index in [0.29, 0.717) is 6.42 Å². The van der Waals surface area contributed by atoms with Gasteiger partial charge in [0.15, 0.2) is 0 Å². The van der Waals surface area contributed by atoms with E-state index in [-0.39, 0.29) is 17.4 Å². The zero-order valence-electron chi connectivity index (χ0n) is 13.1. The summed E-state index contributed by atoms with van der Waals surface area (Å²) >= 11 is 0. The Morgan fingerprint density at radius 2 is 2.14 bits per heavy atom. The van der Waals surface area contributed by atoms with Crippen LogP contribution in [0.1, 0.15) is 37.3 Å². The smallest absolute Gasteiger partial charge is 0.306 e. The molecule has 1 aliphatic rings. The molecule has 0 heterocycles. The summed E-state index contributed by atoms with van der Waals surface area (Å²) in [5.74, 6) is 0.679. The van der Waals surface area contributed by atoms with Gasteiger partial charge < -0.3 is 15.2 Å². The molecule has 0 fully saturated rings. The first kappa shape index (κ1) is 15.8. The highest BCUT2D eigenvalue weighted by molar-refractivity contribution is 5.70. The van der Waals surface area contributed by atoms with Crippen LogP contribution in [0.25, 0.3) is 0 Å². The maximum absolute atomic E-state index is 11.8. The van der Waals surface area contributed by atoms with Crippen molar-refractivity contribution in [3.05, 3.63) is 29.3 Å². The van der Waals surface area contributed by atoms with Crippen LogP contribution in [-0.2, 0) is 22.4 Å². The molecule has 0 spiro atoms. The van der Waals surface area contributed by atoms with Gasteiger partial charge in [-0.1, -0.05) is 13.0 Å². The number of fused-ring (bicyclic) bond motifs is 1. The van der Waals surface area contributed by atoms with E-state index >= 15 is 0 Å². The van der Waals surface area contributed by atoms with Gasteiger partial charge in [-0.25, -0.2) is 0 Å². The second kappa shape index (κ2) is 6.48. The van der Waals surface area contributed by atoms with Crippen LogP contribution >= 0.6 is 0 Å². The van der Waals surface area contributed by atoms with Gasteiger partial charge in [0, 0.05) is 11.5 Å². The normalized spacial score (nSPS) is 22.3. The van der Waals surface area contributed by atoms with Gasteiger partial charge in [-0.05, 0) is 48.9 Å². The number of aryl methyl sites for hydroxylation is 1. The molecule has 0 amide bonds. The van der Waals surface area contributed by atoms with Crippen LogP contribution < -0.4 is 10.5 Å². The molecule has 2 rings (SSSR count). The third kappa shape index (κ3) is 3.21. The highest BCUT2D eigenvalue weighted by Gasteiger charge is 2.41. The summed E-state index contributed by atoms with van der Waals surface area (Å²) in [7, 11) is 3.11. The molecular weight excluding hydrogens is 266 g/mol. The predicted molar refractivity (Wildman–Crippen MR) is 82.4 cm³/mol. The average Bonchev–Trinajstić information content (AvgIpc) is 2.52. The number of carbonyl (C=O) groups is 1. The van der Waals surface area contributed by atoms with E-state index in [2.05, 4.69) is 19.1 Å². The molecule has 1 aromatic carbocycles. The van der Waals surface area contributed by atoms with Gasteiger partial charge in [-0.3, -0.25) is 4.79 Å². The van der Waals surface area contributed by atoms with Crippen molar-refractivity contribution in [2.24, 2.45) is 11.1 Å². The Morgan fingerprint density at radius 3 is 2.76 bits per heavy atom. The second-order valence-corrected chi connectivity index (χ2v) is 5.94. The lowest BCUT2D eigenvalue weighted by Crippen LogP contribution is -2.46. The van der Waals surface area contributed by atoms with Crippen molar-refractivity contribution < 1.29 is 14.3 Å². The summed E-state index contributed by atoms with van der Waals surface area (Å²) < 4.78 is 10.2. The maximum Gasteiger partial charge on any atom is 0.306 e. The van der Waals surface area contributed by atoms with E-state index in [1.807, 2.05) is 6.07 Å². The molecule has 2 unspecified atom stereocenters. The van der Waals surface area contributed by atoms with Crippen LogP contribution in [0.15, 0.2) is 18.2 Å². The summed E-state index contributed by atoms with van der Waals surface area (Å²) in [4.78, 5) is 11.8. The van der Waals surface area contributed by atoms with Crippen LogP contribution in [0.5, 0.6) is 5.75 Å². The lowest BCUT2D eigenvalue weighted by Gasteiger charge is -2.42. The van der Waals surface area contributed by atoms with Crippen molar-refractivity contribution in [3.63, 3.8) is 0 Å². The Hall–Kier alpha value is -1.55. The van der Waals surface area contributed by atoms with Crippen LogP contribution in [0.4, 0.5) is 0 Å². The van der Waals surface area contributed by atoms with E-state index in [9.17, 15) is 4.79 Å². The molecule has 21 heavy (non-hydrogen) atoms. The molecule has 4 heteroatoms. The zero-order chi connectivity index (χ0) is 15.5. The molecule has 0 radical (unpaired) electrons. The predicted octanol–water partition coefficient (Wildman–Crippen LogP) is 2.47. The molecule has 2 N–H and O–H groups in total. The van der Waals surface area contributed by atoms with Gasteiger partial charge in [0.2, 0.25) is 0 Å². The quantitative estimate of drug-likeness (QED) is 0.847. The Kier molecular flexibility index (Phi) is 4.88. The monoisotopic (exact) mass is 291 g/mol. The molecule has 2 atom stereocenters. The minimum atomic E-state index is -0.207. The largest absolute Gasteiger partial charge is 0.497 e. The number of benzene rings is 1. The van der Waals surface area contributed by atoms with Crippen molar-refractivity contribution in [1.29, 1.82) is 0 Å². The van der Waals surface area contributed by atoms with E-state index in [4.69, 9.17) is 15.2 Å². The van der Waals surface area contributed by atoms with Crippen molar-refractivity contribution >= 4 is 5.97 Å². The van der Waals surface area contributed by atoms with Crippen LogP contribution in [0, 0.1) is 5.41 Å². The highest BCUT2D eigenvalue weighted by atomic mass is 16.5. The molecule has 0 saturated carbocycles. The molecule has 0 bridgehead atoms. The fourth-order valence-corrected chi connectivity index (χ4v) is 3.38. The van der Waals surface area contributed by atoms with Crippen LogP contribution in [0.2, 0.25) is 0 Å². The van der Waals surface area contributed by atoms with Gasteiger partial charge in [-0.2, -0.15) is 0 Å². The Labute approximate surface area is 126 Å². The molecule has 1 aromatic rings. The minimum Gasteiger partial charge on any atom is -0.497 e. The topological polar surface area (TPSA) is 61.6 Å². The average molecular weight is 291 g/mol. The lowest BCUT2D eigenvalue weighted by atomic mass is 9.65. The van der Waals surface area contributed by atoms with Crippen molar-refractivity contribution in [2.75, 3.05) is 14.2 Å². The molecule has 0 saturated heterocycles. The van der Waals surface area contributed by atoms with Crippen LogP contribution in [0.3, 0.4) is 0 Å².